The first-order valence-corrected chi connectivity index (χ1v) is 17.3. The molecule has 0 amide bonds. The van der Waals surface area contributed by atoms with Crippen LogP contribution >= 0.6 is 0 Å². The lowest BCUT2D eigenvalue weighted by atomic mass is 10.0. The molecule has 1 fully saturated rings. The molecule has 0 bridgehead atoms. The normalized spacial score (nSPS) is 23.7. The molecule has 2 atom stereocenters. The largest absolute Gasteiger partial charge is 0.469 e. The predicted molar refractivity (Wildman–Crippen MR) is 123 cm³/mol. The number of hydrogen-bond donors (Lipinski definition) is 0. The van der Waals surface area contributed by atoms with Gasteiger partial charge in [0.25, 0.3) is 5.95 Å². The average molecular weight is 438 g/mol. The first-order chi connectivity index (χ1) is 13.3. The van der Waals surface area contributed by atoms with Gasteiger partial charge in [-0.2, -0.15) is 0 Å². The zero-order chi connectivity index (χ0) is 21.8. The Hall–Kier alpha value is -0.896. The number of carbonyl (C=O) groups excluding carboxylic acids is 1. The van der Waals surface area contributed by atoms with Gasteiger partial charge in [0.2, 0.25) is 0 Å². The third kappa shape index (κ3) is 4.16. The molecular formula is C22H39NO4Si2. The summed E-state index contributed by atoms with van der Waals surface area (Å²) in [7, 11) is -2.03. The van der Waals surface area contributed by atoms with E-state index in [1.54, 1.807) is 7.11 Å². The number of rotatable bonds is 5. The van der Waals surface area contributed by atoms with Crippen LogP contribution in [0.25, 0.3) is 0 Å². The average Bonchev–Trinajstić information content (AvgIpc) is 3.18. The minimum Gasteiger partial charge on any atom is -0.469 e. The first-order valence-electron chi connectivity index (χ1n) is 10.9. The van der Waals surface area contributed by atoms with Gasteiger partial charge in [-0.3, -0.25) is 9.69 Å². The summed E-state index contributed by atoms with van der Waals surface area (Å²) in [4.78, 5) is 16.0. The van der Waals surface area contributed by atoms with Crippen LogP contribution in [0.5, 0.6) is 5.95 Å². The van der Waals surface area contributed by atoms with Crippen molar-refractivity contribution < 1.29 is 18.4 Å². The number of hydrogen-bond acceptors (Lipinski definition) is 5. The number of ketones is 1. The quantitative estimate of drug-likeness (QED) is 0.610. The van der Waals surface area contributed by atoms with Gasteiger partial charge in [0, 0.05) is 24.3 Å². The number of fused-ring (bicyclic) bond motifs is 3. The van der Waals surface area contributed by atoms with Crippen molar-refractivity contribution in [1.29, 1.82) is 0 Å². The summed E-state index contributed by atoms with van der Waals surface area (Å²) in [5.41, 5.74) is 0.827. The van der Waals surface area contributed by atoms with Crippen molar-refractivity contribution in [2.24, 2.45) is 0 Å². The molecule has 1 aromatic heterocycles. The fraction of sp³-hybridized carbons (Fsp3) is 0.773. The molecule has 0 aromatic carbocycles. The van der Waals surface area contributed by atoms with E-state index in [9.17, 15) is 4.79 Å². The van der Waals surface area contributed by atoms with Crippen LogP contribution in [0, 0.1) is 0 Å². The lowest BCUT2D eigenvalue weighted by Crippen LogP contribution is -2.46. The van der Waals surface area contributed by atoms with E-state index < -0.39 is 16.4 Å². The molecule has 0 aliphatic carbocycles. The molecule has 7 heteroatoms. The highest BCUT2D eigenvalue weighted by Crippen LogP contribution is 2.43. The Morgan fingerprint density at radius 1 is 1.17 bits per heavy atom. The van der Waals surface area contributed by atoms with Crippen molar-refractivity contribution in [1.82, 2.24) is 4.90 Å². The Balaban J connectivity index is 1.96. The second kappa shape index (κ2) is 7.66. The van der Waals surface area contributed by atoms with Gasteiger partial charge in [0.05, 0.1) is 26.8 Å². The zero-order valence-corrected chi connectivity index (χ0v) is 21.8. The second-order valence-corrected chi connectivity index (χ2v) is 21.0. The van der Waals surface area contributed by atoms with Crippen molar-refractivity contribution >= 4 is 27.4 Å². The molecule has 0 unspecified atom stereocenters. The van der Waals surface area contributed by atoms with Crippen molar-refractivity contribution in [2.75, 3.05) is 20.3 Å². The van der Waals surface area contributed by atoms with Crippen molar-refractivity contribution in [2.45, 2.75) is 89.9 Å². The first kappa shape index (κ1) is 22.8. The van der Waals surface area contributed by atoms with E-state index in [2.05, 4.69) is 58.4 Å². The topological polar surface area (TPSA) is 51.9 Å². The minimum absolute atomic E-state index is 0.118. The maximum atomic E-state index is 13.5. The number of carbonyl (C=O) groups is 1. The number of ether oxygens (including phenoxy) is 1. The van der Waals surface area contributed by atoms with Gasteiger partial charge in [-0.15, -0.1) is 0 Å². The summed E-state index contributed by atoms with van der Waals surface area (Å²) in [5.74, 6) is 1.60. The fourth-order valence-electron chi connectivity index (χ4n) is 4.38. The number of Topliss-reactive ketones (excluding diaryl/α,β-unsaturated/α-hetero) is 1. The standard InChI is InChI=1S/C22H39NO4Si2/c1-22(2,3)29(8,9)26-14-15-13-17(24)18-19(16-11-10-12-23(15)16)27-21(25-4)20(18)28(5,6)7/h15-16H,10-14H2,1-9H3/t15-,16-/m1/s1. The Morgan fingerprint density at radius 3 is 2.38 bits per heavy atom. The third-order valence-electron chi connectivity index (χ3n) is 7.05. The summed E-state index contributed by atoms with van der Waals surface area (Å²) in [6.07, 6.45) is 2.65. The Morgan fingerprint density at radius 2 is 1.83 bits per heavy atom. The smallest absolute Gasteiger partial charge is 0.284 e. The van der Waals surface area contributed by atoms with Gasteiger partial charge in [-0.25, -0.2) is 0 Å². The van der Waals surface area contributed by atoms with Crippen molar-refractivity contribution in [3.63, 3.8) is 0 Å². The van der Waals surface area contributed by atoms with Crippen LogP contribution in [-0.2, 0) is 4.43 Å². The van der Waals surface area contributed by atoms with Crippen LogP contribution < -0.4 is 9.92 Å². The van der Waals surface area contributed by atoms with Crippen LogP contribution in [0.15, 0.2) is 4.42 Å². The van der Waals surface area contributed by atoms with Gasteiger partial charge in [-0.05, 0) is 37.5 Å². The monoisotopic (exact) mass is 437 g/mol. The van der Waals surface area contributed by atoms with Crippen LogP contribution in [0.4, 0.5) is 0 Å². The maximum Gasteiger partial charge on any atom is 0.284 e. The summed E-state index contributed by atoms with van der Waals surface area (Å²) < 4.78 is 18.4. The van der Waals surface area contributed by atoms with E-state index >= 15 is 0 Å². The highest BCUT2D eigenvalue weighted by Gasteiger charge is 2.46. The highest BCUT2D eigenvalue weighted by atomic mass is 28.4. The van der Waals surface area contributed by atoms with E-state index in [0.717, 1.165) is 35.9 Å². The van der Waals surface area contributed by atoms with Crippen molar-refractivity contribution in [3.05, 3.63) is 11.3 Å². The minimum atomic E-state index is -1.87. The number of furan rings is 1. The van der Waals surface area contributed by atoms with Gasteiger partial charge in [0.1, 0.15) is 5.76 Å². The van der Waals surface area contributed by atoms with E-state index in [0.29, 0.717) is 19.0 Å². The van der Waals surface area contributed by atoms with E-state index in [1.807, 2.05) is 0 Å². The molecule has 1 saturated heterocycles. The molecule has 1 aromatic rings. The van der Waals surface area contributed by atoms with Crippen molar-refractivity contribution in [3.8, 4) is 5.95 Å². The second-order valence-electron chi connectivity index (χ2n) is 11.2. The van der Waals surface area contributed by atoms with E-state index in [1.165, 1.54) is 0 Å². The third-order valence-corrected chi connectivity index (χ3v) is 13.5. The molecule has 29 heavy (non-hydrogen) atoms. The molecule has 5 nitrogen and oxygen atoms in total. The summed E-state index contributed by atoms with van der Waals surface area (Å²) in [6.45, 7) is 19.7. The summed E-state index contributed by atoms with van der Waals surface area (Å²) in [5, 5.41) is 1.22. The van der Waals surface area contributed by atoms with Crippen LogP contribution in [0.2, 0.25) is 37.8 Å². The SMILES string of the molecule is COc1oc2c(c1[Si](C)(C)C)C(=O)C[C@H](CO[Si](C)(C)C(C)(C)C)N1CCC[C@H]21. The molecule has 0 radical (unpaired) electrons. The van der Waals surface area contributed by atoms with Crippen LogP contribution in [-0.4, -0.2) is 53.4 Å². The molecule has 3 rings (SSSR count). The lowest BCUT2D eigenvalue weighted by Gasteiger charge is -2.39. The zero-order valence-electron chi connectivity index (χ0n) is 19.8. The molecule has 0 spiro atoms. The predicted octanol–water partition coefficient (Wildman–Crippen LogP) is 4.95. The van der Waals surface area contributed by atoms with Crippen LogP contribution in [0.1, 0.15) is 62.2 Å². The Kier molecular flexibility index (Phi) is 6.02. The summed E-state index contributed by atoms with van der Waals surface area (Å²) in [6, 6.07) is 0.274. The summed E-state index contributed by atoms with van der Waals surface area (Å²) >= 11 is 0. The molecule has 3 heterocycles. The lowest BCUT2D eigenvalue weighted by molar-refractivity contribution is 0.0827. The highest BCUT2D eigenvalue weighted by molar-refractivity contribution is 6.90. The van der Waals surface area contributed by atoms with E-state index in [4.69, 9.17) is 13.6 Å². The fourth-order valence-corrected chi connectivity index (χ4v) is 7.20. The Bertz CT molecular complexity index is 773. The molecular weight excluding hydrogens is 398 g/mol. The number of methoxy groups -OCH3 is 1. The van der Waals surface area contributed by atoms with Gasteiger partial charge in [0.15, 0.2) is 14.1 Å². The maximum absolute atomic E-state index is 13.5. The molecule has 2 aliphatic heterocycles. The molecule has 0 saturated carbocycles. The van der Waals surface area contributed by atoms with Gasteiger partial charge < -0.3 is 13.6 Å². The molecule has 164 valence electrons. The van der Waals surface area contributed by atoms with E-state index in [-0.39, 0.29) is 22.9 Å². The molecule has 2 aliphatic rings. The van der Waals surface area contributed by atoms with Crippen LogP contribution in [0.3, 0.4) is 0 Å². The van der Waals surface area contributed by atoms with Gasteiger partial charge >= 0.3 is 0 Å². The molecule has 0 N–H and O–H groups in total. The van der Waals surface area contributed by atoms with Gasteiger partial charge in [-0.1, -0.05) is 40.4 Å². The number of nitrogens with zero attached hydrogens (tertiary/aromatic N) is 1. The Labute approximate surface area is 178 Å².